The van der Waals surface area contributed by atoms with E-state index in [1.165, 1.54) is 0 Å². The Kier molecular flexibility index (Phi) is 9.68. The molecule has 0 aromatic heterocycles. The van der Waals surface area contributed by atoms with E-state index in [0.29, 0.717) is 11.0 Å². The third kappa shape index (κ3) is 14.0. The van der Waals surface area contributed by atoms with E-state index in [1.807, 2.05) is 21.1 Å². The molecule has 21 heavy (non-hydrogen) atoms. The standard InChI is InChI=1S/C12H24NO7P/c1-5-12(14)18-10-8-17-9-11-20-21(15,16)19-7-6-13(2,3)4/h5H,1,6-11H2,2-4H3/p+1. The van der Waals surface area contributed by atoms with Crippen LogP contribution in [0, 0.1) is 0 Å². The molecule has 1 N–H and O–H groups in total. The average molecular weight is 326 g/mol. The molecule has 8 nitrogen and oxygen atoms in total. The molecule has 1 atom stereocenters. The first-order chi connectivity index (χ1) is 9.66. The van der Waals surface area contributed by atoms with Crippen LogP contribution in [0.2, 0.25) is 0 Å². The predicted molar refractivity (Wildman–Crippen MR) is 76.6 cm³/mol. The van der Waals surface area contributed by atoms with Crippen molar-refractivity contribution >= 4 is 13.8 Å². The second kappa shape index (κ2) is 10.0. The number of rotatable bonds is 12. The normalized spacial score (nSPS) is 14.5. The maximum Gasteiger partial charge on any atom is 0.472 e. The van der Waals surface area contributed by atoms with Gasteiger partial charge in [0.2, 0.25) is 0 Å². The third-order valence-electron chi connectivity index (χ3n) is 2.14. The number of hydrogen-bond acceptors (Lipinski definition) is 6. The molecule has 124 valence electrons. The van der Waals surface area contributed by atoms with Crippen molar-refractivity contribution in [3.8, 4) is 0 Å². The summed E-state index contributed by atoms with van der Waals surface area (Å²) in [5.41, 5.74) is 0. The molecule has 0 aliphatic carbocycles. The Balaban J connectivity index is 3.59. The fourth-order valence-electron chi connectivity index (χ4n) is 1.04. The lowest BCUT2D eigenvalue weighted by molar-refractivity contribution is -0.870. The van der Waals surface area contributed by atoms with E-state index in [1.54, 1.807) is 0 Å². The molecule has 0 aromatic rings. The lowest BCUT2D eigenvalue weighted by Gasteiger charge is -2.24. The van der Waals surface area contributed by atoms with E-state index < -0.39 is 13.8 Å². The van der Waals surface area contributed by atoms with Gasteiger partial charge < -0.3 is 18.9 Å². The van der Waals surface area contributed by atoms with Crippen molar-refractivity contribution in [2.24, 2.45) is 0 Å². The Bertz CT molecular complexity index is 367. The monoisotopic (exact) mass is 326 g/mol. The summed E-state index contributed by atoms with van der Waals surface area (Å²) in [4.78, 5) is 20.1. The van der Waals surface area contributed by atoms with Gasteiger partial charge in [0.15, 0.2) is 0 Å². The zero-order valence-corrected chi connectivity index (χ0v) is 13.7. The Hall–Kier alpha value is -0.760. The lowest BCUT2D eigenvalue weighted by Crippen LogP contribution is -2.37. The molecule has 0 saturated carbocycles. The van der Waals surface area contributed by atoms with Crippen LogP contribution in [0.4, 0.5) is 0 Å². The molecule has 0 aliphatic rings. The summed E-state index contributed by atoms with van der Waals surface area (Å²) < 4.78 is 31.4. The topological polar surface area (TPSA) is 91.3 Å². The Morgan fingerprint density at radius 1 is 1.14 bits per heavy atom. The van der Waals surface area contributed by atoms with Crippen LogP contribution in [0.3, 0.4) is 0 Å². The Morgan fingerprint density at radius 2 is 1.71 bits per heavy atom. The fraction of sp³-hybridized carbons (Fsp3) is 0.750. The fourth-order valence-corrected chi connectivity index (χ4v) is 1.73. The molecule has 0 rings (SSSR count). The van der Waals surface area contributed by atoms with Gasteiger partial charge in [0, 0.05) is 6.08 Å². The van der Waals surface area contributed by atoms with Crippen LogP contribution in [0.1, 0.15) is 0 Å². The molecule has 0 fully saturated rings. The van der Waals surface area contributed by atoms with E-state index in [2.05, 4.69) is 11.3 Å². The van der Waals surface area contributed by atoms with Gasteiger partial charge >= 0.3 is 13.8 Å². The summed E-state index contributed by atoms with van der Waals surface area (Å²) in [6, 6.07) is 0. The molecule has 0 amide bonds. The van der Waals surface area contributed by atoms with E-state index in [0.717, 1.165) is 6.08 Å². The first-order valence-electron chi connectivity index (χ1n) is 6.45. The number of nitrogens with zero attached hydrogens (tertiary/aromatic N) is 1. The van der Waals surface area contributed by atoms with Crippen LogP contribution in [0.5, 0.6) is 0 Å². The molecule has 9 heteroatoms. The van der Waals surface area contributed by atoms with Gasteiger partial charge in [-0.2, -0.15) is 0 Å². The van der Waals surface area contributed by atoms with Crippen molar-refractivity contribution < 1.29 is 37.3 Å². The lowest BCUT2D eigenvalue weighted by atomic mass is 10.5. The number of carbonyl (C=O) groups excluding carboxylic acids is 1. The minimum atomic E-state index is -4.04. The number of phosphoric ester groups is 1. The summed E-state index contributed by atoms with van der Waals surface area (Å²) >= 11 is 0. The molecule has 0 aromatic carbocycles. The largest absolute Gasteiger partial charge is 0.472 e. The van der Waals surface area contributed by atoms with Crippen LogP contribution < -0.4 is 0 Å². The number of likely N-dealkylation sites (N-methyl/N-ethyl adjacent to an activating group) is 1. The molecule has 0 saturated heterocycles. The smallest absolute Gasteiger partial charge is 0.460 e. The highest BCUT2D eigenvalue weighted by molar-refractivity contribution is 7.47. The minimum Gasteiger partial charge on any atom is -0.460 e. The van der Waals surface area contributed by atoms with Crippen LogP contribution >= 0.6 is 7.82 Å². The maximum absolute atomic E-state index is 11.5. The van der Waals surface area contributed by atoms with Crippen LogP contribution in [0.25, 0.3) is 0 Å². The molecular formula is C12H25NO7P+. The molecular weight excluding hydrogens is 301 g/mol. The van der Waals surface area contributed by atoms with E-state index in [9.17, 15) is 14.3 Å². The second-order valence-electron chi connectivity index (χ2n) is 5.13. The Labute approximate surface area is 125 Å². The number of carbonyl (C=O) groups is 1. The highest BCUT2D eigenvalue weighted by Crippen LogP contribution is 2.42. The van der Waals surface area contributed by atoms with Crippen molar-refractivity contribution in [3.05, 3.63) is 12.7 Å². The van der Waals surface area contributed by atoms with Gasteiger partial charge in [0.1, 0.15) is 19.8 Å². The highest BCUT2D eigenvalue weighted by Gasteiger charge is 2.22. The van der Waals surface area contributed by atoms with E-state index in [4.69, 9.17) is 13.8 Å². The minimum absolute atomic E-state index is 0.0850. The van der Waals surface area contributed by atoms with Gasteiger partial charge in [-0.3, -0.25) is 9.05 Å². The summed E-state index contributed by atoms with van der Waals surface area (Å²) in [6.07, 6.45) is 1.05. The maximum atomic E-state index is 11.5. The SMILES string of the molecule is C=CC(=O)OCCOCCOP(=O)(O)OCC[N+](C)(C)C. The molecule has 0 aliphatic heterocycles. The molecule has 0 bridgehead atoms. The average Bonchev–Trinajstić information content (AvgIpc) is 2.35. The first-order valence-corrected chi connectivity index (χ1v) is 7.95. The summed E-state index contributed by atoms with van der Waals surface area (Å²) in [5.74, 6) is -0.527. The summed E-state index contributed by atoms with van der Waals surface area (Å²) in [5, 5.41) is 0. The van der Waals surface area contributed by atoms with E-state index >= 15 is 0 Å². The molecule has 0 heterocycles. The highest BCUT2D eigenvalue weighted by atomic mass is 31.2. The number of esters is 1. The van der Waals surface area contributed by atoms with Crippen molar-refractivity contribution in [1.82, 2.24) is 0 Å². The molecule has 1 unspecified atom stereocenters. The van der Waals surface area contributed by atoms with Crippen LogP contribution in [0.15, 0.2) is 12.7 Å². The zero-order chi connectivity index (χ0) is 16.4. The quantitative estimate of drug-likeness (QED) is 0.184. The van der Waals surface area contributed by atoms with E-state index in [-0.39, 0.29) is 33.0 Å². The zero-order valence-electron chi connectivity index (χ0n) is 12.8. The van der Waals surface area contributed by atoms with Gasteiger partial charge in [-0.15, -0.1) is 0 Å². The first kappa shape index (κ1) is 20.2. The van der Waals surface area contributed by atoms with Crippen LogP contribution in [-0.4, -0.2) is 76.1 Å². The van der Waals surface area contributed by atoms with Gasteiger partial charge in [-0.05, 0) is 0 Å². The van der Waals surface area contributed by atoms with Crippen molar-refractivity contribution in [2.75, 3.05) is 60.7 Å². The predicted octanol–water partition coefficient (Wildman–Crippen LogP) is 0.572. The van der Waals surface area contributed by atoms with Gasteiger partial charge in [0.05, 0.1) is 41.0 Å². The molecule has 0 spiro atoms. The third-order valence-corrected chi connectivity index (χ3v) is 3.16. The second-order valence-corrected chi connectivity index (χ2v) is 6.59. The van der Waals surface area contributed by atoms with Crippen molar-refractivity contribution in [3.63, 3.8) is 0 Å². The van der Waals surface area contributed by atoms with Crippen molar-refractivity contribution in [2.45, 2.75) is 0 Å². The van der Waals surface area contributed by atoms with Gasteiger partial charge in [-0.1, -0.05) is 6.58 Å². The van der Waals surface area contributed by atoms with Crippen LogP contribution in [-0.2, 0) is 27.9 Å². The van der Waals surface area contributed by atoms with Gasteiger partial charge in [0.25, 0.3) is 0 Å². The summed E-state index contributed by atoms with van der Waals surface area (Å²) in [7, 11) is 1.79. The number of ether oxygens (including phenoxy) is 2. The molecule has 0 radical (unpaired) electrons. The number of hydrogen-bond donors (Lipinski definition) is 1. The Morgan fingerprint density at radius 3 is 2.29 bits per heavy atom. The van der Waals surface area contributed by atoms with Gasteiger partial charge in [-0.25, -0.2) is 9.36 Å². The summed E-state index contributed by atoms with van der Waals surface area (Å²) in [6.45, 7) is 4.20. The number of phosphoric acid groups is 1. The van der Waals surface area contributed by atoms with Crippen molar-refractivity contribution in [1.29, 1.82) is 0 Å². The number of quaternary nitrogens is 1.